The van der Waals surface area contributed by atoms with Gasteiger partial charge in [0.05, 0.1) is 6.61 Å². The van der Waals surface area contributed by atoms with Crippen molar-refractivity contribution in [3.63, 3.8) is 0 Å². The van der Waals surface area contributed by atoms with E-state index in [1.807, 2.05) is 11.3 Å². The molecule has 1 nitrogen and oxygen atoms in total. The van der Waals surface area contributed by atoms with E-state index in [-0.39, 0.29) is 5.41 Å². The molecule has 0 spiro atoms. The van der Waals surface area contributed by atoms with Gasteiger partial charge in [-0.05, 0) is 24.0 Å². The van der Waals surface area contributed by atoms with Crippen LogP contribution in [-0.2, 0) is 16.8 Å². The van der Waals surface area contributed by atoms with E-state index in [1.165, 1.54) is 9.75 Å². The summed E-state index contributed by atoms with van der Waals surface area (Å²) in [7, 11) is 0. The van der Waals surface area contributed by atoms with Crippen LogP contribution in [-0.4, -0.2) is 6.61 Å². The summed E-state index contributed by atoms with van der Waals surface area (Å²) < 4.78 is 5.51. The van der Waals surface area contributed by atoms with Crippen LogP contribution in [0.4, 0.5) is 0 Å². The smallest absolute Gasteiger partial charge is 0.0809 e. The Hall–Kier alpha value is -0.340. The minimum atomic E-state index is 0.272. The maximum absolute atomic E-state index is 5.51. The Labute approximate surface area is 91.1 Å². The van der Waals surface area contributed by atoms with E-state index in [2.05, 4.69) is 39.8 Å². The second-order valence-electron chi connectivity index (χ2n) is 4.57. The van der Waals surface area contributed by atoms with Crippen molar-refractivity contribution in [1.82, 2.24) is 0 Å². The average Bonchev–Trinajstić information content (AvgIpc) is 2.52. The van der Waals surface area contributed by atoms with Crippen LogP contribution in [0.1, 0.15) is 43.9 Å². The lowest BCUT2D eigenvalue weighted by Gasteiger charge is -2.15. The predicted octanol–water partition coefficient (Wildman–Crippen LogP) is 3.97. The number of rotatable bonds is 4. The average molecular weight is 212 g/mol. The molecule has 2 heteroatoms. The Bertz CT molecular complexity index is 270. The van der Waals surface area contributed by atoms with Gasteiger partial charge >= 0.3 is 0 Å². The van der Waals surface area contributed by atoms with Crippen LogP contribution in [0, 0.1) is 0 Å². The van der Waals surface area contributed by atoms with Crippen LogP contribution in [0.25, 0.3) is 0 Å². The van der Waals surface area contributed by atoms with Gasteiger partial charge in [-0.1, -0.05) is 27.7 Å². The number of hydrogen-bond acceptors (Lipinski definition) is 2. The van der Waals surface area contributed by atoms with Gasteiger partial charge < -0.3 is 4.74 Å². The van der Waals surface area contributed by atoms with Crippen LogP contribution in [0.3, 0.4) is 0 Å². The molecule has 0 aliphatic rings. The maximum Gasteiger partial charge on any atom is 0.0809 e. The molecule has 0 atom stereocenters. The molecule has 80 valence electrons. The zero-order valence-corrected chi connectivity index (χ0v) is 10.4. The molecular formula is C12H20OS. The van der Waals surface area contributed by atoms with Crippen molar-refractivity contribution in [3.8, 4) is 0 Å². The molecule has 0 aliphatic carbocycles. The summed E-state index contributed by atoms with van der Waals surface area (Å²) in [5.74, 6) is 0. The Morgan fingerprint density at radius 3 is 2.50 bits per heavy atom. The van der Waals surface area contributed by atoms with Crippen molar-refractivity contribution in [3.05, 3.63) is 21.9 Å². The van der Waals surface area contributed by atoms with Gasteiger partial charge in [-0.15, -0.1) is 11.3 Å². The monoisotopic (exact) mass is 212 g/mol. The topological polar surface area (TPSA) is 9.23 Å². The van der Waals surface area contributed by atoms with Gasteiger partial charge in [0.2, 0.25) is 0 Å². The molecule has 14 heavy (non-hydrogen) atoms. The quantitative estimate of drug-likeness (QED) is 0.686. The fraction of sp³-hybridized carbons (Fsp3) is 0.667. The Morgan fingerprint density at radius 1 is 1.29 bits per heavy atom. The highest BCUT2D eigenvalue weighted by molar-refractivity contribution is 7.12. The molecule has 0 bridgehead atoms. The van der Waals surface area contributed by atoms with E-state index in [1.54, 1.807) is 0 Å². The summed E-state index contributed by atoms with van der Waals surface area (Å²) in [6.45, 7) is 10.5. The molecule has 0 aliphatic heterocycles. The third-order valence-corrected chi connectivity index (χ3v) is 3.48. The first kappa shape index (κ1) is 11.7. The third kappa shape index (κ3) is 3.43. The standard InChI is InChI=1S/C12H20OS/c1-5-8-13-9-10-6-7-11(14-10)12(2,3)4/h6-7H,5,8-9H2,1-4H3. The largest absolute Gasteiger partial charge is 0.376 e. The molecule has 1 heterocycles. The van der Waals surface area contributed by atoms with Crippen molar-refractivity contribution in [2.45, 2.75) is 46.1 Å². The summed E-state index contributed by atoms with van der Waals surface area (Å²) in [4.78, 5) is 2.77. The van der Waals surface area contributed by atoms with E-state index in [9.17, 15) is 0 Å². The van der Waals surface area contributed by atoms with Crippen molar-refractivity contribution >= 4 is 11.3 Å². The van der Waals surface area contributed by atoms with Crippen LogP contribution in [0.5, 0.6) is 0 Å². The lowest BCUT2D eigenvalue weighted by Crippen LogP contribution is -2.07. The molecule has 0 fully saturated rings. The summed E-state index contributed by atoms with van der Waals surface area (Å²) in [6.07, 6.45) is 1.09. The molecular weight excluding hydrogens is 192 g/mol. The molecule has 1 rings (SSSR count). The van der Waals surface area contributed by atoms with Crippen LogP contribution in [0.2, 0.25) is 0 Å². The highest BCUT2D eigenvalue weighted by Gasteiger charge is 2.15. The lowest BCUT2D eigenvalue weighted by atomic mass is 9.95. The zero-order valence-electron chi connectivity index (χ0n) is 9.59. The van der Waals surface area contributed by atoms with Crippen molar-refractivity contribution in [1.29, 1.82) is 0 Å². The van der Waals surface area contributed by atoms with Crippen molar-refractivity contribution in [2.75, 3.05) is 6.61 Å². The summed E-state index contributed by atoms with van der Waals surface area (Å²) in [5.41, 5.74) is 0.272. The normalized spacial score (nSPS) is 12.0. The van der Waals surface area contributed by atoms with Gasteiger partial charge in [0.1, 0.15) is 0 Å². The molecule has 0 amide bonds. The first-order chi connectivity index (χ1) is 6.54. The van der Waals surface area contributed by atoms with Crippen LogP contribution in [0.15, 0.2) is 12.1 Å². The molecule has 0 radical (unpaired) electrons. The summed E-state index contributed by atoms with van der Waals surface area (Å²) in [5, 5.41) is 0. The van der Waals surface area contributed by atoms with E-state index in [0.29, 0.717) is 0 Å². The number of ether oxygens (including phenoxy) is 1. The highest BCUT2D eigenvalue weighted by Crippen LogP contribution is 2.29. The van der Waals surface area contributed by atoms with Crippen molar-refractivity contribution < 1.29 is 4.74 Å². The minimum Gasteiger partial charge on any atom is -0.376 e. The second-order valence-corrected chi connectivity index (χ2v) is 5.74. The fourth-order valence-corrected chi connectivity index (χ4v) is 2.18. The Balaban J connectivity index is 2.51. The molecule has 0 saturated carbocycles. The van der Waals surface area contributed by atoms with Crippen LogP contribution >= 0.6 is 11.3 Å². The van der Waals surface area contributed by atoms with E-state index >= 15 is 0 Å². The van der Waals surface area contributed by atoms with Gasteiger partial charge in [-0.2, -0.15) is 0 Å². The predicted molar refractivity (Wildman–Crippen MR) is 63.0 cm³/mol. The second kappa shape index (κ2) is 4.94. The van der Waals surface area contributed by atoms with Gasteiger partial charge in [0, 0.05) is 16.4 Å². The molecule has 1 aromatic rings. The molecule has 0 saturated heterocycles. The molecule has 1 aromatic heterocycles. The Morgan fingerprint density at radius 2 is 2.00 bits per heavy atom. The SMILES string of the molecule is CCCOCc1ccc(C(C)(C)C)s1. The van der Waals surface area contributed by atoms with Gasteiger partial charge in [0.15, 0.2) is 0 Å². The zero-order chi connectivity index (χ0) is 10.6. The minimum absolute atomic E-state index is 0.272. The molecule has 0 N–H and O–H groups in total. The highest BCUT2D eigenvalue weighted by atomic mass is 32.1. The van der Waals surface area contributed by atoms with Gasteiger partial charge in [-0.25, -0.2) is 0 Å². The van der Waals surface area contributed by atoms with E-state index < -0.39 is 0 Å². The molecule has 0 aromatic carbocycles. The Kier molecular flexibility index (Phi) is 4.14. The lowest BCUT2D eigenvalue weighted by molar-refractivity contribution is 0.123. The van der Waals surface area contributed by atoms with Gasteiger partial charge in [-0.3, -0.25) is 0 Å². The third-order valence-electron chi connectivity index (χ3n) is 1.99. The van der Waals surface area contributed by atoms with Crippen molar-refractivity contribution in [2.24, 2.45) is 0 Å². The van der Waals surface area contributed by atoms with Crippen LogP contribution < -0.4 is 0 Å². The first-order valence-corrected chi connectivity index (χ1v) is 6.02. The van der Waals surface area contributed by atoms with Gasteiger partial charge in [0.25, 0.3) is 0 Å². The molecule has 0 unspecified atom stereocenters. The summed E-state index contributed by atoms with van der Waals surface area (Å²) >= 11 is 1.87. The van der Waals surface area contributed by atoms with E-state index in [0.717, 1.165) is 19.6 Å². The summed E-state index contributed by atoms with van der Waals surface area (Å²) in [6, 6.07) is 4.40. The fourth-order valence-electron chi connectivity index (χ4n) is 1.18. The number of thiophene rings is 1. The number of hydrogen-bond donors (Lipinski definition) is 0. The van der Waals surface area contributed by atoms with E-state index in [4.69, 9.17) is 4.74 Å². The maximum atomic E-state index is 5.51. The first-order valence-electron chi connectivity index (χ1n) is 5.21.